The minimum Gasteiger partial charge on any atom is -0.547 e. The highest BCUT2D eigenvalue weighted by Gasteiger charge is 2.17. The Morgan fingerprint density at radius 2 is 1.00 bits per heavy atom. The van der Waals surface area contributed by atoms with Gasteiger partial charge in [-0.1, -0.05) is 0 Å². The third-order valence-corrected chi connectivity index (χ3v) is 3.70. The van der Waals surface area contributed by atoms with Crippen molar-refractivity contribution in [2.24, 2.45) is 0 Å². The first-order valence-electron chi connectivity index (χ1n) is 7.66. The summed E-state index contributed by atoms with van der Waals surface area (Å²) in [6, 6.07) is 0. The molecule has 8 nitrogen and oxygen atoms in total. The number of hydrogen-bond donors (Lipinski definition) is 4. The number of hydrogen-bond acceptors (Lipinski definition) is 6. The third kappa shape index (κ3) is 9.67. The van der Waals surface area contributed by atoms with Gasteiger partial charge in [0.15, 0.2) is 0 Å². The maximum atomic E-state index is 9.63. The van der Waals surface area contributed by atoms with Crippen LogP contribution in [-0.4, -0.2) is 74.6 Å². The number of aliphatic carboxylic acids is 2. The molecule has 22 heavy (non-hydrogen) atoms. The van der Waals surface area contributed by atoms with Crippen LogP contribution in [0.3, 0.4) is 0 Å². The summed E-state index contributed by atoms with van der Waals surface area (Å²) in [5.41, 5.74) is 0. The van der Waals surface area contributed by atoms with Crippen LogP contribution in [0.1, 0.15) is 25.7 Å². The maximum absolute atomic E-state index is 9.63. The number of likely N-dealkylation sites (tertiary alicyclic amines) is 2. The summed E-state index contributed by atoms with van der Waals surface area (Å²) in [6.45, 7) is 5.61. The highest BCUT2D eigenvalue weighted by Crippen LogP contribution is 1.89. The Morgan fingerprint density at radius 1 is 0.773 bits per heavy atom. The fourth-order valence-corrected chi connectivity index (χ4v) is 2.21. The van der Waals surface area contributed by atoms with Crippen molar-refractivity contribution in [2.75, 3.05) is 40.3 Å². The summed E-state index contributed by atoms with van der Waals surface area (Å²) in [4.78, 5) is 22.7. The van der Waals surface area contributed by atoms with Crippen molar-refractivity contribution in [2.45, 2.75) is 37.9 Å². The van der Waals surface area contributed by atoms with Gasteiger partial charge in [-0.2, -0.15) is 0 Å². The molecular weight excluding hydrogens is 292 g/mol. The molecule has 0 radical (unpaired) electrons. The van der Waals surface area contributed by atoms with Gasteiger partial charge in [-0.15, -0.1) is 0 Å². The van der Waals surface area contributed by atoms with Crippen LogP contribution in [0, 0.1) is 0 Å². The molecule has 2 saturated heterocycles. The average Bonchev–Trinajstić information content (AvgIpc) is 3.11. The van der Waals surface area contributed by atoms with Crippen molar-refractivity contribution in [1.29, 1.82) is 0 Å². The normalized spacial score (nSPS) is 21.1. The van der Waals surface area contributed by atoms with Gasteiger partial charge in [0, 0.05) is 25.7 Å². The Labute approximate surface area is 131 Å². The average molecular weight is 320 g/mol. The molecule has 8 heteroatoms. The van der Waals surface area contributed by atoms with Gasteiger partial charge >= 0.3 is 0 Å². The zero-order chi connectivity index (χ0) is 17.1. The van der Waals surface area contributed by atoms with Gasteiger partial charge in [0.05, 0.1) is 52.2 Å². The van der Waals surface area contributed by atoms with Gasteiger partial charge in [0.2, 0.25) is 0 Å². The lowest BCUT2D eigenvalue weighted by Gasteiger charge is -2.18. The molecule has 0 spiro atoms. The Hall–Kier alpha value is -1.22. The molecule has 2 rings (SSSR count). The van der Waals surface area contributed by atoms with E-state index in [1.54, 1.807) is 9.80 Å². The lowest BCUT2D eigenvalue weighted by molar-refractivity contribution is -0.866. The van der Waals surface area contributed by atoms with Crippen LogP contribution in [0.5, 0.6) is 0 Å². The first kappa shape index (κ1) is 20.8. The number of rotatable bonds is 3. The molecule has 0 aromatic carbocycles. The number of carboxylic acid groups (broad SMARTS) is 2. The predicted octanol–water partition coefficient (Wildman–Crippen LogP) is -6.20. The Bertz CT molecular complexity index is 295. The van der Waals surface area contributed by atoms with Gasteiger partial charge in [0.1, 0.15) is 12.2 Å². The van der Waals surface area contributed by atoms with Crippen LogP contribution in [-0.2, 0) is 9.59 Å². The fraction of sp³-hybridized carbons (Fsp3) is 0.857. The van der Waals surface area contributed by atoms with Crippen molar-refractivity contribution in [3.05, 3.63) is 0 Å². The number of nitrogens with one attached hydrogen (secondary N) is 2. The summed E-state index contributed by atoms with van der Waals surface area (Å²) in [5, 5.41) is 35.7. The van der Waals surface area contributed by atoms with E-state index in [9.17, 15) is 19.8 Å². The minimum absolute atomic E-state index is 1.40. The minimum atomic E-state index is -2.44. The van der Waals surface area contributed by atoms with E-state index >= 15 is 0 Å². The zero-order valence-electron chi connectivity index (χ0n) is 13.3. The van der Waals surface area contributed by atoms with Gasteiger partial charge in [-0.3, -0.25) is 0 Å². The van der Waals surface area contributed by atoms with Crippen molar-refractivity contribution < 1.29 is 39.8 Å². The SMILES string of the molecule is C[NH+]1CCCC1.C[NH+]1CCCC1.O=C([O-])C(O)C(O)C(=O)[O-]. The number of carboxylic acids is 2. The molecule has 0 bridgehead atoms. The monoisotopic (exact) mass is 320 g/mol. The second-order valence-electron chi connectivity index (χ2n) is 5.86. The molecule has 2 aliphatic rings. The second-order valence-corrected chi connectivity index (χ2v) is 5.86. The quantitative estimate of drug-likeness (QED) is 0.409. The van der Waals surface area contributed by atoms with E-state index < -0.39 is 24.1 Å². The first-order valence-corrected chi connectivity index (χ1v) is 7.66. The number of aliphatic hydroxyl groups excluding tert-OH is 2. The molecule has 0 amide bonds. The number of aliphatic hydroxyl groups is 2. The van der Waals surface area contributed by atoms with E-state index in [4.69, 9.17) is 10.2 Å². The summed E-state index contributed by atoms with van der Waals surface area (Å²) in [6.07, 6.45) is 0.921. The van der Waals surface area contributed by atoms with Crippen LogP contribution in [0.25, 0.3) is 0 Å². The summed E-state index contributed by atoms with van der Waals surface area (Å²) in [5.74, 6) is -4.12. The van der Waals surface area contributed by atoms with Crippen LogP contribution < -0.4 is 20.0 Å². The maximum Gasteiger partial charge on any atom is 0.124 e. The molecule has 0 saturated carbocycles. The third-order valence-electron chi connectivity index (χ3n) is 3.70. The molecule has 0 aromatic heterocycles. The van der Waals surface area contributed by atoms with Crippen LogP contribution >= 0.6 is 0 Å². The van der Waals surface area contributed by atoms with E-state index in [2.05, 4.69) is 14.1 Å². The molecule has 2 unspecified atom stereocenters. The lowest BCUT2D eigenvalue weighted by atomic mass is 10.2. The fourth-order valence-electron chi connectivity index (χ4n) is 2.21. The van der Waals surface area contributed by atoms with E-state index in [1.165, 1.54) is 51.9 Å². The Morgan fingerprint density at radius 3 is 1.09 bits per heavy atom. The first-order chi connectivity index (χ1) is 10.3. The van der Waals surface area contributed by atoms with Crippen molar-refractivity contribution in [3.8, 4) is 0 Å². The lowest BCUT2D eigenvalue weighted by Crippen LogP contribution is -3.06. The molecule has 4 N–H and O–H groups in total. The van der Waals surface area contributed by atoms with Gasteiger partial charge in [0.25, 0.3) is 0 Å². The highest BCUT2D eigenvalue weighted by atomic mass is 16.4. The Kier molecular flexibility index (Phi) is 10.7. The summed E-state index contributed by atoms with van der Waals surface area (Å²) >= 11 is 0. The topological polar surface area (TPSA) is 130 Å². The van der Waals surface area contributed by atoms with Gasteiger partial charge in [-0.25, -0.2) is 0 Å². The van der Waals surface area contributed by atoms with Gasteiger partial charge < -0.3 is 39.8 Å². The standard InChI is InChI=1S/2C5H11N.C4H6O6/c2*1-6-4-2-3-5-6;5-1(3(7)8)2(6)4(9)10/h2*2-5H2,1H3;1-2,5-6H,(H,7,8)(H,9,10). The molecule has 2 atom stereocenters. The van der Waals surface area contributed by atoms with E-state index in [0.717, 1.165) is 0 Å². The van der Waals surface area contributed by atoms with Crippen LogP contribution in [0.4, 0.5) is 0 Å². The molecule has 2 aliphatic heterocycles. The van der Waals surface area contributed by atoms with Crippen molar-refractivity contribution in [1.82, 2.24) is 0 Å². The molecule has 2 heterocycles. The van der Waals surface area contributed by atoms with Crippen LogP contribution in [0.15, 0.2) is 0 Å². The Balaban J connectivity index is 0.000000315. The van der Waals surface area contributed by atoms with Crippen molar-refractivity contribution >= 4 is 11.9 Å². The molecular formula is C14H28N2O6. The largest absolute Gasteiger partial charge is 0.547 e. The molecule has 2 fully saturated rings. The van der Waals surface area contributed by atoms with E-state index in [-0.39, 0.29) is 0 Å². The van der Waals surface area contributed by atoms with Crippen LogP contribution in [0.2, 0.25) is 0 Å². The predicted molar refractivity (Wildman–Crippen MR) is 73.7 cm³/mol. The number of quaternary nitrogens is 2. The van der Waals surface area contributed by atoms with E-state index in [0.29, 0.717) is 0 Å². The number of carbonyl (C=O) groups is 2. The van der Waals surface area contributed by atoms with Gasteiger partial charge in [-0.05, 0) is 0 Å². The molecule has 130 valence electrons. The van der Waals surface area contributed by atoms with E-state index in [1.807, 2.05) is 0 Å². The number of carbonyl (C=O) groups excluding carboxylic acids is 2. The second kappa shape index (κ2) is 11.4. The summed E-state index contributed by atoms with van der Waals surface area (Å²) in [7, 11) is 4.51. The zero-order valence-corrected chi connectivity index (χ0v) is 13.3. The smallest absolute Gasteiger partial charge is 0.124 e. The molecule has 0 aromatic rings. The summed E-state index contributed by atoms with van der Waals surface area (Å²) < 4.78 is 0. The highest BCUT2D eigenvalue weighted by molar-refractivity contribution is 5.80. The molecule has 0 aliphatic carbocycles. The van der Waals surface area contributed by atoms with Crippen molar-refractivity contribution in [3.63, 3.8) is 0 Å².